The minimum Gasteiger partial charge on any atom is -0.378 e. The highest BCUT2D eigenvalue weighted by molar-refractivity contribution is 6.05. The molecular formula is C18H16N6O2. The third-order valence-corrected chi connectivity index (χ3v) is 4.23. The van der Waals surface area contributed by atoms with Crippen molar-refractivity contribution in [2.45, 2.75) is 0 Å². The molecule has 1 aliphatic rings. The van der Waals surface area contributed by atoms with Crippen molar-refractivity contribution in [1.29, 1.82) is 0 Å². The smallest absolute Gasteiger partial charge is 0.275 e. The van der Waals surface area contributed by atoms with Crippen molar-refractivity contribution in [3.63, 3.8) is 0 Å². The van der Waals surface area contributed by atoms with Gasteiger partial charge in [-0.05, 0) is 18.2 Å². The Hall–Kier alpha value is -3.44. The number of aromatic nitrogens is 4. The molecule has 0 unspecified atom stereocenters. The van der Waals surface area contributed by atoms with Gasteiger partial charge < -0.3 is 15.4 Å². The monoisotopic (exact) mass is 348 g/mol. The van der Waals surface area contributed by atoms with E-state index < -0.39 is 0 Å². The minimum absolute atomic E-state index is 0.125. The highest BCUT2D eigenvalue weighted by atomic mass is 16.5. The number of hydrogen-bond acceptors (Lipinski definition) is 6. The van der Waals surface area contributed by atoms with Crippen LogP contribution in [0.3, 0.4) is 0 Å². The van der Waals surface area contributed by atoms with Crippen LogP contribution < -0.4 is 5.73 Å². The first-order valence-corrected chi connectivity index (χ1v) is 8.12. The van der Waals surface area contributed by atoms with Gasteiger partial charge in [-0.3, -0.25) is 4.79 Å². The summed E-state index contributed by atoms with van der Waals surface area (Å²) in [5.74, 6) is 3.05. The molecule has 1 saturated heterocycles. The van der Waals surface area contributed by atoms with Gasteiger partial charge in [0.1, 0.15) is 0 Å². The summed E-state index contributed by atoms with van der Waals surface area (Å²) in [4.78, 5) is 22.8. The molecule has 1 aromatic carbocycles. The molecule has 3 aromatic rings. The number of nitrogens with two attached hydrogens (primary N) is 1. The van der Waals surface area contributed by atoms with Crippen LogP contribution in [0.1, 0.15) is 16.1 Å². The Morgan fingerprint density at radius 2 is 2.08 bits per heavy atom. The fourth-order valence-corrected chi connectivity index (χ4v) is 2.94. The molecule has 130 valence electrons. The Bertz CT molecular complexity index is 1030. The maximum absolute atomic E-state index is 13.0. The largest absolute Gasteiger partial charge is 0.378 e. The Morgan fingerprint density at radius 1 is 1.27 bits per heavy atom. The molecule has 1 aliphatic heterocycles. The maximum Gasteiger partial charge on any atom is 0.275 e. The predicted octanol–water partition coefficient (Wildman–Crippen LogP) is 0.851. The summed E-state index contributed by atoms with van der Waals surface area (Å²) >= 11 is 0. The number of nitrogen functional groups attached to an aromatic ring is 1. The second kappa shape index (κ2) is 6.46. The number of hydrogen-bond donors (Lipinski definition) is 1. The topological polar surface area (TPSA) is 99.2 Å². The van der Waals surface area contributed by atoms with Gasteiger partial charge in [0.15, 0.2) is 11.5 Å². The molecule has 3 heterocycles. The van der Waals surface area contributed by atoms with Gasteiger partial charge in [0.05, 0.1) is 18.7 Å². The van der Waals surface area contributed by atoms with Gasteiger partial charge in [-0.15, -0.1) is 6.42 Å². The number of rotatable bonds is 2. The van der Waals surface area contributed by atoms with Crippen molar-refractivity contribution in [1.82, 2.24) is 24.6 Å². The molecule has 0 aliphatic carbocycles. The fraction of sp³-hybridized carbons (Fsp3) is 0.222. The number of fused-ring (bicyclic) bond motifs is 1. The lowest BCUT2D eigenvalue weighted by Gasteiger charge is -2.26. The van der Waals surface area contributed by atoms with Crippen LogP contribution >= 0.6 is 0 Å². The number of ether oxygens (including phenoxy) is 1. The molecular weight excluding hydrogens is 332 g/mol. The molecule has 4 rings (SSSR count). The number of terminal acetylenes is 1. The van der Waals surface area contributed by atoms with Crippen molar-refractivity contribution < 1.29 is 9.53 Å². The number of anilines is 1. The molecule has 2 N–H and O–H groups in total. The van der Waals surface area contributed by atoms with E-state index in [0.717, 1.165) is 0 Å². The fourth-order valence-electron chi connectivity index (χ4n) is 2.94. The first kappa shape index (κ1) is 16.1. The third-order valence-electron chi connectivity index (χ3n) is 4.23. The van der Waals surface area contributed by atoms with Crippen LogP contribution in [-0.4, -0.2) is 56.9 Å². The van der Waals surface area contributed by atoms with Gasteiger partial charge in [0.25, 0.3) is 5.91 Å². The van der Waals surface area contributed by atoms with Gasteiger partial charge in [-0.1, -0.05) is 5.92 Å². The van der Waals surface area contributed by atoms with E-state index in [-0.39, 0.29) is 11.9 Å². The summed E-state index contributed by atoms with van der Waals surface area (Å²) in [6.07, 6.45) is 7.06. The molecule has 0 spiro atoms. The lowest BCUT2D eigenvalue weighted by molar-refractivity contribution is 0.0300. The molecule has 2 aromatic heterocycles. The summed E-state index contributed by atoms with van der Waals surface area (Å²) in [6, 6.07) is 7.08. The molecule has 0 bridgehead atoms. The Labute approximate surface area is 149 Å². The van der Waals surface area contributed by atoms with Crippen LogP contribution in [-0.2, 0) is 4.74 Å². The number of nitrogens with zero attached hydrogens (tertiary/aromatic N) is 5. The number of carbonyl (C=O) groups is 1. The Balaban J connectivity index is 1.89. The molecule has 1 amide bonds. The van der Waals surface area contributed by atoms with E-state index >= 15 is 0 Å². The minimum atomic E-state index is -0.146. The highest BCUT2D eigenvalue weighted by Gasteiger charge is 2.25. The molecule has 26 heavy (non-hydrogen) atoms. The summed E-state index contributed by atoms with van der Waals surface area (Å²) in [5.41, 5.74) is 7.42. The van der Waals surface area contributed by atoms with E-state index in [1.807, 2.05) is 6.07 Å². The highest BCUT2D eigenvalue weighted by Crippen LogP contribution is 2.24. The lowest BCUT2D eigenvalue weighted by Crippen LogP contribution is -2.41. The van der Waals surface area contributed by atoms with Gasteiger partial charge in [0.2, 0.25) is 5.95 Å². The van der Waals surface area contributed by atoms with Gasteiger partial charge in [-0.25, -0.2) is 9.67 Å². The molecule has 0 saturated carbocycles. The van der Waals surface area contributed by atoms with Gasteiger partial charge >= 0.3 is 0 Å². The van der Waals surface area contributed by atoms with Crippen LogP contribution in [0.25, 0.3) is 16.7 Å². The van der Waals surface area contributed by atoms with E-state index in [1.54, 1.807) is 34.0 Å². The molecule has 8 nitrogen and oxygen atoms in total. The number of morpholine rings is 1. The van der Waals surface area contributed by atoms with E-state index in [9.17, 15) is 4.79 Å². The first-order chi connectivity index (χ1) is 12.7. The first-order valence-electron chi connectivity index (χ1n) is 8.12. The summed E-state index contributed by atoms with van der Waals surface area (Å²) in [7, 11) is 0. The van der Waals surface area contributed by atoms with E-state index in [2.05, 4.69) is 21.0 Å². The summed E-state index contributed by atoms with van der Waals surface area (Å²) in [5, 5.41) is 5.23. The summed E-state index contributed by atoms with van der Waals surface area (Å²) < 4.78 is 6.89. The second-order valence-electron chi connectivity index (χ2n) is 5.81. The SMILES string of the molecule is C#Cc1ccc2c(C(=O)N3CCOCC3)nn(-c3ccnc(N)n3)c2c1. The van der Waals surface area contributed by atoms with Crippen molar-refractivity contribution >= 4 is 22.8 Å². The number of amides is 1. The van der Waals surface area contributed by atoms with Crippen LogP contribution in [0.15, 0.2) is 30.5 Å². The van der Waals surface area contributed by atoms with Crippen LogP contribution in [0.4, 0.5) is 5.95 Å². The zero-order valence-corrected chi connectivity index (χ0v) is 13.9. The van der Waals surface area contributed by atoms with E-state index in [4.69, 9.17) is 16.9 Å². The quantitative estimate of drug-likeness (QED) is 0.690. The average Bonchev–Trinajstić information content (AvgIpc) is 3.06. The van der Waals surface area contributed by atoms with Crippen LogP contribution in [0, 0.1) is 12.3 Å². The van der Waals surface area contributed by atoms with E-state index in [0.29, 0.717) is 54.3 Å². The normalized spacial score (nSPS) is 14.3. The number of benzene rings is 1. The molecule has 1 fully saturated rings. The van der Waals surface area contributed by atoms with Crippen molar-refractivity contribution in [3.8, 4) is 18.2 Å². The van der Waals surface area contributed by atoms with Crippen LogP contribution in [0.2, 0.25) is 0 Å². The average molecular weight is 348 g/mol. The van der Waals surface area contributed by atoms with Gasteiger partial charge in [-0.2, -0.15) is 10.1 Å². The third kappa shape index (κ3) is 2.74. The van der Waals surface area contributed by atoms with Crippen molar-refractivity contribution in [2.24, 2.45) is 0 Å². The second-order valence-corrected chi connectivity index (χ2v) is 5.81. The molecule has 8 heteroatoms. The Morgan fingerprint density at radius 3 is 2.81 bits per heavy atom. The molecule has 0 atom stereocenters. The predicted molar refractivity (Wildman–Crippen MR) is 95.7 cm³/mol. The van der Waals surface area contributed by atoms with Crippen molar-refractivity contribution in [3.05, 3.63) is 41.7 Å². The number of carbonyl (C=O) groups excluding carboxylic acids is 1. The lowest BCUT2D eigenvalue weighted by atomic mass is 10.1. The van der Waals surface area contributed by atoms with Crippen LogP contribution in [0.5, 0.6) is 0 Å². The zero-order valence-electron chi connectivity index (χ0n) is 13.9. The summed E-state index contributed by atoms with van der Waals surface area (Å²) in [6.45, 7) is 2.12. The standard InChI is InChI=1S/C18H16N6O2/c1-2-12-3-4-13-14(11-12)24(15-5-6-20-18(19)21-15)22-16(13)17(25)23-7-9-26-10-8-23/h1,3-6,11H,7-10H2,(H2,19,20,21). The van der Waals surface area contributed by atoms with Crippen molar-refractivity contribution in [2.75, 3.05) is 32.0 Å². The molecule has 0 radical (unpaired) electrons. The zero-order chi connectivity index (χ0) is 18.1. The van der Waals surface area contributed by atoms with E-state index in [1.165, 1.54) is 0 Å². The maximum atomic E-state index is 13.0. The Kier molecular flexibility index (Phi) is 3.99. The van der Waals surface area contributed by atoms with Gasteiger partial charge in [0, 0.05) is 36.3 Å².